The Labute approximate surface area is 188 Å². The number of halogens is 1. The number of nitrogens with one attached hydrogen (secondary N) is 1. The minimum Gasteiger partial charge on any atom is -0.378 e. The molecule has 4 rings (SSSR count). The van der Waals surface area contributed by atoms with Crippen molar-refractivity contribution < 1.29 is 17.9 Å². The number of nitrogens with zero attached hydrogens (tertiary/aromatic N) is 2. The van der Waals surface area contributed by atoms with Crippen molar-refractivity contribution in [2.75, 3.05) is 31.0 Å². The quantitative estimate of drug-likeness (QED) is 0.583. The number of aromatic nitrogens is 1. The summed E-state index contributed by atoms with van der Waals surface area (Å²) in [4.78, 5) is 26.4. The number of ether oxygens (including phenoxy) is 1. The molecule has 2 heterocycles. The van der Waals surface area contributed by atoms with Crippen LogP contribution in [0.25, 0.3) is 10.2 Å². The summed E-state index contributed by atoms with van der Waals surface area (Å²) in [5, 5.41) is 0.414. The van der Waals surface area contributed by atoms with Crippen LogP contribution in [0, 0.1) is 0 Å². The molecule has 11 heteroatoms. The predicted octanol–water partition coefficient (Wildman–Crippen LogP) is 2.77. The zero-order chi connectivity index (χ0) is 22.0. The molecule has 1 amide bonds. The third-order valence-corrected chi connectivity index (χ3v) is 7.50. The molecular formula is C20H20ClN3O5S2. The van der Waals surface area contributed by atoms with Crippen LogP contribution in [0.15, 0.2) is 52.2 Å². The number of benzene rings is 2. The second kappa shape index (κ2) is 8.99. The Kier molecular flexibility index (Phi) is 6.33. The zero-order valence-corrected chi connectivity index (χ0v) is 18.8. The summed E-state index contributed by atoms with van der Waals surface area (Å²) >= 11 is 6.87. The molecule has 8 nitrogen and oxygen atoms in total. The number of hydrogen-bond acceptors (Lipinski definition) is 6. The van der Waals surface area contributed by atoms with Crippen LogP contribution in [-0.2, 0) is 26.1 Å². The van der Waals surface area contributed by atoms with Crippen molar-refractivity contribution in [1.82, 2.24) is 9.47 Å². The summed E-state index contributed by atoms with van der Waals surface area (Å²) in [5.41, 5.74) is 0.950. The van der Waals surface area contributed by atoms with E-state index in [1.165, 1.54) is 22.8 Å². The molecule has 0 unspecified atom stereocenters. The number of sulfonamides is 1. The van der Waals surface area contributed by atoms with E-state index >= 15 is 0 Å². The standard InChI is InChI=1S/C20H20ClN3O5S2/c21-14-2-1-3-15(12-14)22-31(27,28)16-4-5-17-18(13-16)30-20(26)24(17)7-6-19(25)23-8-10-29-11-9-23/h1-5,12-13,22H,6-11H2. The van der Waals surface area contributed by atoms with Gasteiger partial charge in [-0.2, -0.15) is 0 Å². The molecule has 2 aromatic carbocycles. The fourth-order valence-electron chi connectivity index (χ4n) is 3.37. The van der Waals surface area contributed by atoms with Gasteiger partial charge in [-0.3, -0.25) is 18.9 Å². The molecular weight excluding hydrogens is 462 g/mol. The van der Waals surface area contributed by atoms with Crippen molar-refractivity contribution in [1.29, 1.82) is 0 Å². The first-order valence-electron chi connectivity index (χ1n) is 9.61. The average Bonchev–Trinajstić information content (AvgIpc) is 3.06. The van der Waals surface area contributed by atoms with Gasteiger partial charge in [0.25, 0.3) is 10.0 Å². The third kappa shape index (κ3) is 4.93. The van der Waals surface area contributed by atoms with Crippen molar-refractivity contribution in [3.63, 3.8) is 0 Å². The molecule has 1 aliphatic heterocycles. The second-order valence-electron chi connectivity index (χ2n) is 7.01. The lowest BCUT2D eigenvalue weighted by atomic mass is 10.3. The topological polar surface area (TPSA) is 97.7 Å². The van der Waals surface area contributed by atoms with Crippen molar-refractivity contribution in [3.8, 4) is 0 Å². The highest BCUT2D eigenvalue weighted by atomic mass is 35.5. The molecule has 1 saturated heterocycles. The molecule has 0 bridgehead atoms. The molecule has 0 aliphatic carbocycles. The van der Waals surface area contributed by atoms with Crippen LogP contribution in [0.4, 0.5) is 5.69 Å². The fraction of sp³-hybridized carbons (Fsp3) is 0.300. The molecule has 1 aliphatic rings. The minimum absolute atomic E-state index is 0.0283. The number of morpholine rings is 1. The van der Waals surface area contributed by atoms with Gasteiger partial charge in [-0.15, -0.1) is 0 Å². The van der Waals surface area contributed by atoms with Gasteiger partial charge in [-0.25, -0.2) is 8.42 Å². The number of hydrogen-bond donors (Lipinski definition) is 1. The van der Waals surface area contributed by atoms with Crippen LogP contribution in [0.2, 0.25) is 5.02 Å². The van der Waals surface area contributed by atoms with Gasteiger partial charge in [-0.1, -0.05) is 29.0 Å². The summed E-state index contributed by atoms with van der Waals surface area (Å²) < 4.78 is 35.3. The average molecular weight is 482 g/mol. The van der Waals surface area contributed by atoms with Crippen LogP contribution in [0.1, 0.15) is 6.42 Å². The number of rotatable bonds is 6. The Bertz CT molecular complexity index is 1280. The maximum absolute atomic E-state index is 12.7. The lowest BCUT2D eigenvalue weighted by Crippen LogP contribution is -2.41. The van der Waals surface area contributed by atoms with Crippen LogP contribution in [0.3, 0.4) is 0 Å². The number of anilines is 1. The van der Waals surface area contributed by atoms with Crippen LogP contribution >= 0.6 is 22.9 Å². The highest BCUT2D eigenvalue weighted by Crippen LogP contribution is 2.24. The number of thiazole rings is 1. The van der Waals surface area contributed by atoms with Crippen LogP contribution < -0.4 is 9.60 Å². The maximum Gasteiger partial charge on any atom is 0.308 e. The Morgan fingerprint density at radius 3 is 2.68 bits per heavy atom. The lowest BCUT2D eigenvalue weighted by Gasteiger charge is -2.26. The molecule has 0 saturated carbocycles. The van der Waals surface area contributed by atoms with Crippen LogP contribution in [0.5, 0.6) is 0 Å². The van der Waals surface area contributed by atoms with E-state index in [0.717, 1.165) is 11.3 Å². The normalized spacial score (nSPS) is 14.7. The SMILES string of the molecule is O=C(CCn1c(=O)sc2cc(S(=O)(=O)Nc3cccc(Cl)c3)ccc21)N1CCOCC1. The highest BCUT2D eigenvalue weighted by Gasteiger charge is 2.19. The van der Waals surface area contributed by atoms with Gasteiger partial charge in [0.2, 0.25) is 5.91 Å². The van der Waals surface area contributed by atoms with Gasteiger partial charge < -0.3 is 9.64 Å². The van der Waals surface area contributed by atoms with Gasteiger partial charge in [0.05, 0.1) is 34.0 Å². The Morgan fingerprint density at radius 2 is 1.94 bits per heavy atom. The Morgan fingerprint density at radius 1 is 1.16 bits per heavy atom. The van der Waals surface area contributed by atoms with Gasteiger partial charge >= 0.3 is 4.87 Å². The molecule has 164 valence electrons. The van der Waals surface area contributed by atoms with E-state index in [1.54, 1.807) is 29.2 Å². The molecule has 1 fully saturated rings. The molecule has 1 N–H and O–H groups in total. The number of amides is 1. The smallest absolute Gasteiger partial charge is 0.308 e. The van der Waals surface area contributed by atoms with Gasteiger partial charge in [0, 0.05) is 31.1 Å². The van der Waals surface area contributed by atoms with Crippen molar-refractivity contribution in [2.24, 2.45) is 0 Å². The Balaban J connectivity index is 1.54. The monoisotopic (exact) mass is 481 g/mol. The minimum atomic E-state index is -3.85. The summed E-state index contributed by atoms with van der Waals surface area (Å²) in [6, 6.07) is 10.9. The van der Waals surface area contributed by atoms with Crippen molar-refractivity contribution in [3.05, 3.63) is 57.2 Å². The first-order chi connectivity index (χ1) is 14.8. The van der Waals surface area contributed by atoms with Gasteiger partial charge in [-0.05, 0) is 36.4 Å². The summed E-state index contributed by atoms with van der Waals surface area (Å²) in [5.74, 6) is -0.0283. The predicted molar refractivity (Wildman–Crippen MR) is 120 cm³/mol. The summed E-state index contributed by atoms with van der Waals surface area (Å²) in [6.45, 7) is 2.39. The highest BCUT2D eigenvalue weighted by molar-refractivity contribution is 7.92. The van der Waals surface area contributed by atoms with E-state index in [2.05, 4.69) is 4.72 Å². The number of aryl methyl sites for hydroxylation is 1. The van der Waals surface area contributed by atoms with E-state index in [0.29, 0.717) is 47.2 Å². The largest absolute Gasteiger partial charge is 0.378 e. The summed E-state index contributed by atoms with van der Waals surface area (Å²) in [7, 11) is -3.85. The molecule has 0 atom stereocenters. The zero-order valence-electron chi connectivity index (χ0n) is 16.4. The Hall–Kier alpha value is -2.40. The second-order valence-corrected chi connectivity index (χ2v) is 10.1. The third-order valence-electron chi connectivity index (χ3n) is 4.94. The van der Waals surface area contributed by atoms with Crippen molar-refractivity contribution in [2.45, 2.75) is 17.9 Å². The van der Waals surface area contributed by atoms with Gasteiger partial charge in [0.1, 0.15) is 0 Å². The molecule has 0 radical (unpaired) electrons. The summed E-state index contributed by atoms with van der Waals surface area (Å²) in [6.07, 6.45) is 0.197. The van der Waals surface area contributed by atoms with Crippen molar-refractivity contribution >= 4 is 54.8 Å². The first-order valence-corrected chi connectivity index (χ1v) is 12.3. The van der Waals surface area contributed by atoms with E-state index in [9.17, 15) is 18.0 Å². The maximum atomic E-state index is 12.7. The number of carbonyl (C=O) groups is 1. The first kappa shape index (κ1) is 21.8. The van der Waals surface area contributed by atoms with Gasteiger partial charge in [0.15, 0.2) is 0 Å². The molecule has 31 heavy (non-hydrogen) atoms. The molecule has 3 aromatic rings. The molecule has 0 spiro atoms. The van der Waals surface area contributed by atoms with Crippen LogP contribution in [-0.4, -0.2) is 50.1 Å². The van der Waals surface area contributed by atoms with E-state index in [1.807, 2.05) is 0 Å². The fourth-order valence-corrected chi connectivity index (χ4v) is 5.67. The van der Waals surface area contributed by atoms with E-state index < -0.39 is 10.0 Å². The van der Waals surface area contributed by atoms with E-state index in [4.69, 9.17) is 16.3 Å². The molecule has 1 aromatic heterocycles. The number of carbonyl (C=O) groups excluding carboxylic acids is 1. The number of fused-ring (bicyclic) bond motifs is 1. The van der Waals surface area contributed by atoms with E-state index in [-0.39, 0.29) is 28.6 Å². The lowest BCUT2D eigenvalue weighted by molar-refractivity contribution is -0.135.